The van der Waals surface area contributed by atoms with Crippen molar-refractivity contribution >= 4 is 5.91 Å². The normalized spacial score (nSPS) is 10.1. The molecule has 0 aliphatic carbocycles. The minimum Gasteiger partial charge on any atom is -0.493 e. The lowest BCUT2D eigenvalue weighted by Gasteiger charge is -2.14. The van der Waals surface area contributed by atoms with Crippen LogP contribution in [0.4, 0.5) is 0 Å². The van der Waals surface area contributed by atoms with Crippen molar-refractivity contribution in [3.05, 3.63) is 47.8 Å². The molecule has 1 N–H and O–H groups in total. The first-order valence-electron chi connectivity index (χ1n) is 7.66. The van der Waals surface area contributed by atoms with Crippen molar-refractivity contribution in [2.75, 3.05) is 27.9 Å². The summed E-state index contributed by atoms with van der Waals surface area (Å²) >= 11 is 0. The predicted octanol–water partition coefficient (Wildman–Crippen LogP) is 2.47. The number of benzene rings is 1. The van der Waals surface area contributed by atoms with Gasteiger partial charge >= 0.3 is 0 Å². The summed E-state index contributed by atoms with van der Waals surface area (Å²) in [7, 11) is 4.57. The zero-order valence-electron chi connectivity index (χ0n) is 14.2. The average Bonchev–Trinajstić information content (AvgIpc) is 2.64. The maximum Gasteiger partial charge on any atom is 0.251 e. The molecule has 2 aromatic rings. The number of nitrogens with one attached hydrogen (secondary N) is 1. The molecule has 0 saturated heterocycles. The van der Waals surface area contributed by atoms with Crippen LogP contribution in [0.1, 0.15) is 22.3 Å². The van der Waals surface area contributed by atoms with Crippen LogP contribution in [0, 0.1) is 0 Å². The highest BCUT2D eigenvalue weighted by atomic mass is 16.5. The Labute approximate surface area is 141 Å². The van der Waals surface area contributed by atoms with Gasteiger partial charge in [-0.3, -0.25) is 9.78 Å². The van der Waals surface area contributed by atoms with Gasteiger partial charge < -0.3 is 19.5 Å². The van der Waals surface area contributed by atoms with E-state index in [1.165, 1.54) is 21.3 Å². The summed E-state index contributed by atoms with van der Waals surface area (Å²) in [4.78, 5) is 16.4. The van der Waals surface area contributed by atoms with Crippen LogP contribution in [0.15, 0.2) is 36.7 Å². The lowest BCUT2D eigenvalue weighted by Crippen LogP contribution is -2.24. The number of rotatable bonds is 8. The Hall–Kier alpha value is -2.76. The number of hydrogen-bond acceptors (Lipinski definition) is 5. The Bertz CT molecular complexity index is 649. The second kappa shape index (κ2) is 8.76. The van der Waals surface area contributed by atoms with Crippen molar-refractivity contribution in [3.8, 4) is 17.2 Å². The predicted molar refractivity (Wildman–Crippen MR) is 91.0 cm³/mol. The summed E-state index contributed by atoms with van der Waals surface area (Å²) in [6.45, 7) is 0.574. The molecule has 1 amide bonds. The van der Waals surface area contributed by atoms with Crippen LogP contribution in [0.3, 0.4) is 0 Å². The smallest absolute Gasteiger partial charge is 0.251 e. The van der Waals surface area contributed by atoms with Crippen LogP contribution >= 0.6 is 0 Å². The number of aromatic nitrogens is 1. The molecule has 128 valence electrons. The lowest BCUT2D eigenvalue weighted by atomic mass is 10.1. The van der Waals surface area contributed by atoms with Crippen LogP contribution in [-0.2, 0) is 6.42 Å². The molecule has 1 aromatic heterocycles. The minimum absolute atomic E-state index is 0.180. The lowest BCUT2D eigenvalue weighted by molar-refractivity contribution is 0.0952. The maximum atomic E-state index is 12.3. The summed E-state index contributed by atoms with van der Waals surface area (Å²) in [5.41, 5.74) is 1.62. The molecule has 0 radical (unpaired) electrons. The van der Waals surface area contributed by atoms with Gasteiger partial charge in [0.05, 0.1) is 21.3 Å². The van der Waals surface area contributed by atoms with Crippen molar-refractivity contribution in [3.63, 3.8) is 0 Å². The topological polar surface area (TPSA) is 69.7 Å². The molecule has 0 spiro atoms. The van der Waals surface area contributed by atoms with E-state index in [1.807, 2.05) is 18.3 Å². The molecule has 1 aromatic carbocycles. The molecule has 0 bridgehead atoms. The Balaban J connectivity index is 1.96. The van der Waals surface area contributed by atoms with Crippen molar-refractivity contribution in [2.45, 2.75) is 12.8 Å². The van der Waals surface area contributed by atoms with Gasteiger partial charge in [-0.25, -0.2) is 0 Å². The third kappa shape index (κ3) is 4.38. The van der Waals surface area contributed by atoms with Crippen molar-refractivity contribution in [1.82, 2.24) is 10.3 Å². The Morgan fingerprint density at radius 3 is 2.38 bits per heavy atom. The third-order valence-corrected chi connectivity index (χ3v) is 3.58. The molecular weight excluding hydrogens is 308 g/mol. The van der Waals surface area contributed by atoms with Gasteiger partial charge in [0.1, 0.15) is 0 Å². The number of aryl methyl sites for hydroxylation is 1. The Morgan fingerprint density at radius 1 is 1.12 bits per heavy atom. The standard InChI is InChI=1S/C18H22N2O4/c1-22-15-10-14(11-16(23-2)17(15)24-3)18(21)20-9-5-7-13-6-4-8-19-12-13/h4,6,8,10-12H,5,7,9H2,1-3H3,(H,20,21). The van der Waals surface area contributed by atoms with Crippen molar-refractivity contribution in [2.24, 2.45) is 0 Å². The van der Waals surface area contributed by atoms with E-state index in [-0.39, 0.29) is 5.91 Å². The van der Waals surface area contributed by atoms with Gasteiger partial charge in [0, 0.05) is 24.5 Å². The summed E-state index contributed by atoms with van der Waals surface area (Å²) in [6.07, 6.45) is 5.28. The number of amides is 1. The van der Waals surface area contributed by atoms with Gasteiger partial charge in [-0.2, -0.15) is 0 Å². The van der Waals surface area contributed by atoms with Gasteiger partial charge in [0.15, 0.2) is 11.5 Å². The van der Waals surface area contributed by atoms with Gasteiger partial charge in [-0.1, -0.05) is 6.07 Å². The molecule has 0 saturated carbocycles. The highest BCUT2D eigenvalue weighted by molar-refractivity contribution is 5.95. The fourth-order valence-electron chi connectivity index (χ4n) is 2.35. The second-order valence-electron chi connectivity index (χ2n) is 5.13. The first-order valence-corrected chi connectivity index (χ1v) is 7.66. The van der Waals surface area contributed by atoms with E-state index in [0.717, 1.165) is 18.4 Å². The first kappa shape index (κ1) is 17.6. The SMILES string of the molecule is COc1cc(C(=O)NCCCc2cccnc2)cc(OC)c1OC. The van der Waals surface area contributed by atoms with Crippen LogP contribution in [0.2, 0.25) is 0 Å². The number of carbonyl (C=O) groups excluding carboxylic acids is 1. The van der Waals surface area contributed by atoms with E-state index in [1.54, 1.807) is 18.3 Å². The fraction of sp³-hybridized carbons (Fsp3) is 0.333. The fourth-order valence-corrected chi connectivity index (χ4v) is 2.35. The molecule has 0 aliphatic rings. The van der Waals surface area contributed by atoms with E-state index in [4.69, 9.17) is 14.2 Å². The molecule has 24 heavy (non-hydrogen) atoms. The van der Waals surface area contributed by atoms with E-state index in [9.17, 15) is 4.79 Å². The monoisotopic (exact) mass is 330 g/mol. The summed E-state index contributed by atoms with van der Waals surface area (Å²) in [5.74, 6) is 1.20. The van der Waals surface area contributed by atoms with Crippen LogP contribution in [0.5, 0.6) is 17.2 Å². The van der Waals surface area contributed by atoms with Crippen molar-refractivity contribution < 1.29 is 19.0 Å². The van der Waals surface area contributed by atoms with Gasteiger partial charge in [-0.15, -0.1) is 0 Å². The van der Waals surface area contributed by atoms with E-state index in [2.05, 4.69) is 10.3 Å². The van der Waals surface area contributed by atoms with E-state index in [0.29, 0.717) is 29.4 Å². The van der Waals surface area contributed by atoms with Gasteiger partial charge in [-0.05, 0) is 36.6 Å². The largest absolute Gasteiger partial charge is 0.493 e. The third-order valence-electron chi connectivity index (χ3n) is 3.58. The number of ether oxygens (including phenoxy) is 3. The van der Waals surface area contributed by atoms with Gasteiger partial charge in [0.25, 0.3) is 5.91 Å². The van der Waals surface area contributed by atoms with E-state index >= 15 is 0 Å². The van der Waals surface area contributed by atoms with Gasteiger partial charge in [0.2, 0.25) is 5.75 Å². The Kier molecular flexibility index (Phi) is 6.42. The van der Waals surface area contributed by atoms with Crippen LogP contribution < -0.4 is 19.5 Å². The second-order valence-corrected chi connectivity index (χ2v) is 5.13. The molecule has 6 nitrogen and oxygen atoms in total. The van der Waals surface area contributed by atoms with Crippen molar-refractivity contribution in [1.29, 1.82) is 0 Å². The molecule has 0 unspecified atom stereocenters. The zero-order chi connectivity index (χ0) is 17.4. The molecule has 0 atom stereocenters. The molecule has 0 fully saturated rings. The number of methoxy groups -OCH3 is 3. The zero-order valence-corrected chi connectivity index (χ0v) is 14.2. The number of carbonyl (C=O) groups is 1. The number of nitrogens with zero attached hydrogens (tertiary/aromatic N) is 1. The molecule has 6 heteroatoms. The number of pyridine rings is 1. The average molecular weight is 330 g/mol. The summed E-state index contributed by atoms with van der Waals surface area (Å²) in [5, 5.41) is 2.90. The quantitative estimate of drug-likeness (QED) is 0.753. The number of hydrogen-bond donors (Lipinski definition) is 1. The Morgan fingerprint density at radius 2 is 1.83 bits per heavy atom. The molecule has 2 rings (SSSR count). The highest BCUT2D eigenvalue weighted by Crippen LogP contribution is 2.38. The molecular formula is C18H22N2O4. The first-order chi connectivity index (χ1) is 11.7. The van der Waals surface area contributed by atoms with Crippen LogP contribution in [-0.4, -0.2) is 38.8 Å². The highest BCUT2D eigenvalue weighted by Gasteiger charge is 2.16. The minimum atomic E-state index is -0.180. The van der Waals surface area contributed by atoms with Crippen LogP contribution in [0.25, 0.3) is 0 Å². The summed E-state index contributed by atoms with van der Waals surface area (Å²) in [6, 6.07) is 7.20. The summed E-state index contributed by atoms with van der Waals surface area (Å²) < 4.78 is 15.8. The molecule has 0 aliphatic heterocycles. The van der Waals surface area contributed by atoms with E-state index < -0.39 is 0 Å². The maximum absolute atomic E-state index is 12.3. The molecule has 1 heterocycles.